The van der Waals surface area contributed by atoms with Gasteiger partial charge in [-0.05, 0) is 35.6 Å². The lowest BCUT2D eigenvalue weighted by atomic mass is 10.0. The minimum Gasteiger partial charge on any atom is -0.480 e. The van der Waals surface area contributed by atoms with Gasteiger partial charge in [0.15, 0.2) is 5.76 Å². The molecule has 0 fully saturated rings. The number of carbonyl (C=O) groups excluding carboxylic acids is 2. The standard InChI is InChI=1S/C30H32N2O6/c33-28(14-8-7-13-23-15-16-26-27(19-23)38-20-37-26)31-24(17-21-9-3-1-4-10-21)29(34)32-25(30(35)36)18-22-11-5-2-6-12-22/h1-7,9-13,19,24-25H,8,14-18,20H2,(H,31,33)(H,32,34)(H,35,36)/b13-7+/t24-,25?/m0/s1. The summed E-state index contributed by atoms with van der Waals surface area (Å²) in [6, 6.07) is 16.4. The number of amides is 2. The van der Waals surface area contributed by atoms with Gasteiger partial charge in [0.25, 0.3) is 0 Å². The predicted octanol–water partition coefficient (Wildman–Crippen LogP) is 3.80. The van der Waals surface area contributed by atoms with Crippen LogP contribution in [0.15, 0.2) is 96.0 Å². The molecule has 0 saturated carbocycles. The second-order valence-corrected chi connectivity index (χ2v) is 9.25. The molecule has 2 aromatic rings. The molecule has 0 spiro atoms. The van der Waals surface area contributed by atoms with Crippen LogP contribution in [0.5, 0.6) is 0 Å². The van der Waals surface area contributed by atoms with E-state index in [1.54, 1.807) is 0 Å². The third-order valence-corrected chi connectivity index (χ3v) is 6.38. The fourth-order valence-electron chi connectivity index (χ4n) is 4.36. The zero-order chi connectivity index (χ0) is 26.7. The average Bonchev–Trinajstić information content (AvgIpc) is 3.39. The van der Waals surface area contributed by atoms with E-state index in [4.69, 9.17) is 9.47 Å². The molecule has 1 unspecified atom stereocenters. The number of aliphatic carboxylic acids is 1. The smallest absolute Gasteiger partial charge is 0.326 e. The van der Waals surface area contributed by atoms with Gasteiger partial charge >= 0.3 is 5.97 Å². The zero-order valence-corrected chi connectivity index (χ0v) is 21.1. The zero-order valence-electron chi connectivity index (χ0n) is 21.1. The molecule has 1 aliphatic heterocycles. The highest BCUT2D eigenvalue weighted by Crippen LogP contribution is 2.30. The van der Waals surface area contributed by atoms with E-state index in [9.17, 15) is 19.5 Å². The van der Waals surface area contributed by atoms with E-state index in [2.05, 4.69) is 10.6 Å². The summed E-state index contributed by atoms with van der Waals surface area (Å²) in [4.78, 5) is 37.8. The van der Waals surface area contributed by atoms with Crippen molar-refractivity contribution in [2.45, 2.75) is 50.6 Å². The van der Waals surface area contributed by atoms with Gasteiger partial charge in [0.1, 0.15) is 17.8 Å². The third kappa shape index (κ3) is 7.83. The van der Waals surface area contributed by atoms with E-state index in [0.717, 1.165) is 41.1 Å². The van der Waals surface area contributed by atoms with Gasteiger partial charge < -0.3 is 25.2 Å². The number of benzene rings is 2. The molecular weight excluding hydrogens is 484 g/mol. The lowest BCUT2D eigenvalue weighted by molar-refractivity contribution is -0.142. The molecule has 0 bridgehead atoms. The molecule has 3 N–H and O–H groups in total. The Kier molecular flexibility index (Phi) is 9.34. The largest absolute Gasteiger partial charge is 0.480 e. The van der Waals surface area contributed by atoms with E-state index in [-0.39, 0.29) is 32.0 Å². The van der Waals surface area contributed by atoms with Crippen molar-refractivity contribution in [2.75, 3.05) is 6.79 Å². The highest BCUT2D eigenvalue weighted by molar-refractivity contribution is 5.90. The topological polar surface area (TPSA) is 114 Å². The molecule has 38 heavy (non-hydrogen) atoms. The van der Waals surface area contributed by atoms with E-state index in [1.807, 2.05) is 78.9 Å². The first-order chi connectivity index (χ1) is 18.5. The van der Waals surface area contributed by atoms with Crippen LogP contribution < -0.4 is 10.6 Å². The summed E-state index contributed by atoms with van der Waals surface area (Å²) in [7, 11) is 0. The molecule has 0 radical (unpaired) electrons. The van der Waals surface area contributed by atoms with Crippen molar-refractivity contribution in [1.29, 1.82) is 0 Å². The van der Waals surface area contributed by atoms with Crippen LogP contribution in [0.25, 0.3) is 0 Å². The highest BCUT2D eigenvalue weighted by Gasteiger charge is 2.27. The van der Waals surface area contributed by atoms with Crippen molar-refractivity contribution in [3.05, 3.63) is 107 Å². The Morgan fingerprint density at radius 2 is 1.53 bits per heavy atom. The molecule has 2 amide bonds. The molecular formula is C30H32N2O6. The van der Waals surface area contributed by atoms with Crippen LogP contribution in [0, 0.1) is 0 Å². The summed E-state index contributed by atoms with van der Waals surface area (Å²) in [5.74, 6) is -0.285. The first-order valence-electron chi connectivity index (χ1n) is 12.7. The second kappa shape index (κ2) is 13.3. The summed E-state index contributed by atoms with van der Waals surface area (Å²) >= 11 is 0. The molecule has 198 valence electrons. The van der Waals surface area contributed by atoms with Crippen molar-refractivity contribution in [1.82, 2.24) is 10.6 Å². The minimum atomic E-state index is -1.13. The summed E-state index contributed by atoms with van der Waals surface area (Å²) < 4.78 is 10.8. The van der Waals surface area contributed by atoms with Gasteiger partial charge in [-0.1, -0.05) is 72.8 Å². The number of carboxylic acid groups (broad SMARTS) is 1. The van der Waals surface area contributed by atoms with Crippen molar-refractivity contribution in [3.63, 3.8) is 0 Å². The van der Waals surface area contributed by atoms with Gasteiger partial charge in [-0.3, -0.25) is 9.59 Å². The summed E-state index contributed by atoms with van der Waals surface area (Å²) in [6.45, 7) is 0.259. The second-order valence-electron chi connectivity index (χ2n) is 9.25. The Morgan fingerprint density at radius 1 is 0.868 bits per heavy atom. The van der Waals surface area contributed by atoms with Gasteiger partial charge in [0.05, 0.1) is 0 Å². The summed E-state index contributed by atoms with van der Waals surface area (Å²) in [6.07, 6.45) is 8.59. The van der Waals surface area contributed by atoms with Gasteiger partial charge in [-0.15, -0.1) is 0 Å². The lowest BCUT2D eigenvalue weighted by Gasteiger charge is -2.22. The van der Waals surface area contributed by atoms with Crippen LogP contribution in [0.4, 0.5) is 0 Å². The SMILES string of the molecule is O=C(CC/C=C/C1=CC2=C(CC1)OCO2)N[C@@H](Cc1ccccc1)C(=O)NC(Cc1ccccc1)C(=O)O. The fourth-order valence-corrected chi connectivity index (χ4v) is 4.36. The molecule has 1 heterocycles. The predicted molar refractivity (Wildman–Crippen MR) is 142 cm³/mol. The molecule has 2 atom stereocenters. The number of hydrogen-bond donors (Lipinski definition) is 3. The van der Waals surface area contributed by atoms with Crippen molar-refractivity contribution in [3.8, 4) is 0 Å². The number of rotatable bonds is 12. The molecule has 2 aromatic carbocycles. The molecule has 0 aromatic heterocycles. The maximum atomic E-state index is 13.2. The van der Waals surface area contributed by atoms with Crippen molar-refractivity contribution < 1.29 is 29.0 Å². The number of allylic oxidation sites excluding steroid dienone is 5. The monoisotopic (exact) mass is 516 g/mol. The quantitative estimate of drug-likeness (QED) is 0.396. The van der Waals surface area contributed by atoms with Gasteiger partial charge in [-0.2, -0.15) is 0 Å². The van der Waals surface area contributed by atoms with E-state index < -0.39 is 24.0 Å². The molecule has 0 saturated heterocycles. The van der Waals surface area contributed by atoms with Crippen LogP contribution >= 0.6 is 0 Å². The first-order valence-corrected chi connectivity index (χ1v) is 12.7. The Labute approximate surface area is 222 Å². The minimum absolute atomic E-state index is 0.143. The Balaban J connectivity index is 1.35. The van der Waals surface area contributed by atoms with Gasteiger partial charge in [-0.25, -0.2) is 4.79 Å². The normalized spacial score (nSPS) is 16.1. The Hall–Kier alpha value is -4.33. The highest BCUT2D eigenvalue weighted by atomic mass is 16.7. The molecule has 1 aliphatic carbocycles. The van der Waals surface area contributed by atoms with Crippen LogP contribution in [0.3, 0.4) is 0 Å². The number of carbonyl (C=O) groups is 3. The molecule has 8 heteroatoms. The van der Waals surface area contributed by atoms with Gasteiger partial charge in [0.2, 0.25) is 18.6 Å². The number of nitrogens with one attached hydrogen (secondary N) is 2. The van der Waals surface area contributed by atoms with Crippen LogP contribution in [0.2, 0.25) is 0 Å². The lowest BCUT2D eigenvalue weighted by Crippen LogP contribution is -2.53. The third-order valence-electron chi connectivity index (χ3n) is 6.38. The Bertz CT molecular complexity index is 1220. The van der Waals surface area contributed by atoms with E-state index in [0.29, 0.717) is 6.42 Å². The van der Waals surface area contributed by atoms with Crippen molar-refractivity contribution in [2.24, 2.45) is 0 Å². The van der Waals surface area contributed by atoms with Gasteiger partial charge in [0, 0.05) is 25.7 Å². The summed E-state index contributed by atoms with van der Waals surface area (Å²) in [5, 5.41) is 15.1. The summed E-state index contributed by atoms with van der Waals surface area (Å²) in [5.41, 5.74) is 2.76. The number of hydrogen-bond acceptors (Lipinski definition) is 5. The van der Waals surface area contributed by atoms with E-state index >= 15 is 0 Å². The molecule has 8 nitrogen and oxygen atoms in total. The first kappa shape index (κ1) is 26.7. The van der Waals surface area contributed by atoms with Crippen LogP contribution in [-0.2, 0) is 36.7 Å². The number of carboxylic acids is 1. The molecule has 2 aliphatic rings. The van der Waals surface area contributed by atoms with E-state index in [1.165, 1.54) is 0 Å². The maximum Gasteiger partial charge on any atom is 0.326 e. The molecule has 4 rings (SSSR count). The van der Waals surface area contributed by atoms with Crippen LogP contribution in [-0.4, -0.2) is 41.8 Å². The maximum absolute atomic E-state index is 13.2. The average molecular weight is 517 g/mol. The van der Waals surface area contributed by atoms with Crippen LogP contribution in [0.1, 0.15) is 36.8 Å². The fraction of sp³-hybridized carbons (Fsp3) is 0.300. The Morgan fingerprint density at radius 3 is 2.18 bits per heavy atom. The number of ether oxygens (including phenoxy) is 2. The van der Waals surface area contributed by atoms with Crippen molar-refractivity contribution >= 4 is 17.8 Å².